The molecule has 0 aliphatic heterocycles. The third-order valence-corrected chi connectivity index (χ3v) is 4.36. The zero-order valence-electron chi connectivity index (χ0n) is 13.4. The lowest BCUT2D eigenvalue weighted by Crippen LogP contribution is -2.51. The number of rotatable bonds is 7. The first-order valence-corrected chi connectivity index (χ1v) is 8.03. The fourth-order valence-electron chi connectivity index (χ4n) is 2.45. The molecule has 1 atom stereocenters. The van der Waals surface area contributed by atoms with Crippen LogP contribution in [-0.2, 0) is 4.79 Å². The zero-order chi connectivity index (χ0) is 15.6. The minimum atomic E-state index is -0.869. The Hall–Kier alpha value is -1.26. The molecular weight excluding hydrogens is 268 g/mol. The van der Waals surface area contributed by atoms with E-state index in [0.29, 0.717) is 11.8 Å². The predicted molar refractivity (Wildman–Crippen MR) is 81.0 cm³/mol. The molecule has 2 amide bonds. The van der Waals surface area contributed by atoms with Crippen LogP contribution in [-0.4, -0.2) is 41.1 Å². The summed E-state index contributed by atoms with van der Waals surface area (Å²) in [5.41, 5.74) is -0.265. The average molecular weight is 296 g/mol. The van der Waals surface area contributed by atoms with Crippen LogP contribution in [0.15, 0.2) is 0 Å². The highest BCUT2D eigenvalue weighted by Gasteiger charge is 2.34. The van der Waals surface area contributed by atoms with Crippen LogP contribution in [0.3, 0.4) is 0 Å². The van der Waals surface area contributed by atoms with E-state index in [9.17, 15) is 9.59 Å². The summed E-state index contributed by atoms with van der Waals surface area (Å²) in [5.74, 6) is 0.440. The van der Waals surface area contributed by atoms with Gasteiger partial charge in [0, 0.05) is 19.1 Å². The van der Waals surface area contributed by atoms with Crippen molar-refractivity contribution in [3.05, 3.63) is 0 Å². The maximum absolute atomic E-state index is 12.5. The van der Waals surface area contributed by atoms with Crippen LogP contribution in [0.4, 0.5) is 4.79 Å². The maximum atomic E-state index is 12.5. The first-order valence-electron chi connectivity index (χ1n) is 8.03. The third kappa shape index (κ3) is 5.56. The number of carboxylic acid groups (broad SMARTS) is 1. The van der Waals surface area contributed by atoms with E-state index in [-0.39, 0.29) is 23.9 Å². The summed E-state index contributed by atoms with van der Waals surface area (Å²) in [7, 11) is 0. The lowest BCUT2D eigenvalue weighted by atomic mass is 9.85. The first-order chi connectivity index (χ1) is 9.75. The fourth-order valence-corrected chi connectivity index (χ4v) is 2.45. The zero-order valence-corrected chi connectivity index (χ0v) is 13.4. The third-order valence-electron chi connectivity index (χ3n) is 4.36. The average Bonchev–Trinajstić information content (AvgIpc) is 3.19. The lowest BCUT2D eigenvalue weighted by molar-refractivity contribution is -0.138. The summed E-state index contributed by atoms with van der Waals surface area (Å²) < 4.78 is 0. The number of hydrogen-bond donors (Lipinski definition) is 2. The van der Waals surface area contributed by atoms with Crippen molar-refractivity contribution < 1.29 is 14.7 Å². The van der Waals surface area contributed by atoms with E-state index in [1.165, 1.54) is 25.7 Å². The number of carbonyl (C=O) groups is 2. The Labute approximate surface area is 127 Å². The summed E-state index contributed by atoms with van der Waals surface area (Å²) in [6.07, 6.45) is 4.83. The number of carboxylic acids is 1. The van der Waals surface area contributed by atoms with Gasteiger partial charge < -0.3 is 15.3 Å². The van der Waals surface area contributed by atoms with Crippen LogP contribution in [0.5, 0.6) is 0 Å². The van der Waals surface area contributed by atoms with Gasteiger partial charge in [-0.3, -0.25) is 4.79 Å². The van der Waals surface area contributed by atoms with Gasteiger partial charge in [0.05, 0.1) is 6.42 Å². The molecule has 2 N–H and O–H groups in total. The minimum absolute atomic E-state index is 0.0318. The molecule has 0 spiro atoms. The van der Waals surface area contributed by atoms with Crippen molar-refractivity contribution in [3.8, 4) is 0 Å². The first kappa shape index (κ1) is 16.1. The molecule has 120 valence electrons. The lowest BCUT2D eigenvalue weighted by Gasteiger charge is -2.33. The Bertz CT molecular complexity index is 381. The molecule has 5 nitrogen and oxygen atoms in total. The quantitative estimate of drug-likeness (QED) is 0.759. The van der Waals surface area contributed by atoms with Crippen molar-refractivity contribution >= 4 is 12.0 Å². The Morgan fingerprint density at radius 1 is 1.14 bits per heavy atom. The van der Waals surface area contributed by atoms with Gasteiger partial charge >= 0.3 is 12.0 Å². The molecule has 0 radical (unpaired) electrons. The van der Waals surface area contributed by atoms with Gasteiger partial charge in [0.1, 0.15) is 0 Å². The number of hydrogen-bond acceptors (Lipinski definition) is 2. The minimum Gasteiger partial charge on any atom is -0.481 e. The molecular formula is C16H28N2O3. The van der Waals surface area contributed by atoms with Gasteiger partial charge in [0.25, 0.3) is 0 Å². The number of nitrogens with one attached hydrogen (secondary N) is 1. The van der Waals surface area contributed by atoms with Crippen LogP contribution in [0, 0.1) is 17.3 Å². The van der Waals surface area contributed by atoms with Gasteiger partial charge in [0.2, 0.25) is 0 Å². The van der Waals surface area contributed by atoms with Gasteiger partial charge in [-0.05, 0) is 42.9 Å². The standard InChI is InChI=1S/C16H28N2O3/c1-16(2,3)13(8-14(19)20)17-15(21)18(9-11-4-5-11)10-12-6-7-12/h11-13H,4-10H2,1-3H3,(H,17,21)(H,19,20). The van der Waals surface area contributed by atoms with Crippen molar-refractivity contribution in [1.82, 2.24) is 10.2 Å². The van der Waals surface area contributed by atoms with Crippen LogP contribution in [0.1, 0.15) is 52.9 Å². The van der Waals surface area contributed by atoms with E-state index in [2.05, 4.69) is 5.32 Å². The van der Waals surface area contributed by atoms with E-state index in [4.69, 9.17) is 5.11 Å². The second-order valence-corrected chi connectivity index (χ2v) is 7.76. The van der Waals surface area contributed by atoms with E-state index in [1.807, 2.05) is 25.7 Å². The second kappa shape index (κ2) is 6.24. The molecule has 0 heterocycles. The van der Waals surface area contributed by atoms with Gasteiger partial charge in [-0.15, -0.1) is 0 Å². The monoisotopic (exact) mass is 296 g/mol. The molecule has 0 aromatic rings. The molecule has 2 aliphatic carbocycles. The molecule has 5 heteroatoms. The Morgan fingerprint density at radius 3 is 1.95 bits per heavy atom. The summed E-state index contributed by atoms with van der Waals surface area (Å²) in [6.45, 7) is 7.55. The highest BCUT2D eigenvalue weighted by Crippen LogP contribution is 2.34. The highest BCUT2D eigenvalue weighted by molar-refractivity contribution is 5.76. The van der Waals surface area contributed by atoms with Crippen molar-refractivity contribution in [2.45, 2.75) is 58.9 Å². The largest absolute Gasteiger partial charge is 0.481 e. The number of urea groups is 1. The molecule has 0 bridgehead atoms. The van der Waals surface area contributed by atoms with Crippen molar-refractivity contribution in [2.24, 2.45) is 17.3 Å². The number of nitrogens with zero attached hydrogens (tertiary/aromatic N) is 1. The summed E-state index contributed by atoms with van der Waals surface area (Å²) in [5, 5.41) is 12.0. The maximum Gasteiger partial charge on any atom is 0.317 e. The molecule has 2 fully saturated rings. The number of amides is 2. The fraction of sp³-hybridized carbons (Fsp3) is 0.875. The summed E-state index contributed by atoms with van der Waals surface area (Å²) >= 11 is 0. The van der Waals surface area contributed by atoms with Crippen molar-refractivity contribution in [3.63, 3.8) is 0 Å². The second-order valence-electron chi connectivity index (χ2n) is 7.76. The van der Waals surface area contributed by atoms with E-state index in [0.717, 1.165) is 13.1 Å². The Morgan fingerprint density at radius 2 is 1.62 bits per heavy atom. The highest BCUT2D eigenvalue weighted by atomic mass is 16.4. The Balaban J connectivity index is 1.94. The SMILES string of the molecule is CC(C)(C)C(CC(=O)O)NC(=O)N(CC1CC1)CC1CC1. The molecule has 0 saturated heterocycles. The van der Waals surface area contributed by atoms with E-state index in [1.54, 1.807) is 0 Å². The van der Waals surface area contributed by atoms with Gasteiger partial charge in [0.15, 0.2) is 0 Å². The number of aliphatic carboxylic acids is 1. The van der Waals surface area contributed by atoms with Crippen LogP contribution in [0.25, 0.3) is 0 Å². The summed E-state index contributed by atoms with van der Waals surface area (Å²) in [4.78, 5) is 25.5. The van der Waals surface area contributed by atoms with Gasteiger partial charge in [-0.25, -0.2) is 4.79 Å². The molecule has 1 unspecified atom stereocenters. The topological polar surface area (TPSA) is 69.6 Å². The van der Waals surface area contributed by atoms with Crippen molar-refractivity contribution in [2.75, 3.05) is 13.1 Å². The van der Waals surface area contributed by atoms with Gasteiger partial charge in [-0.1, -0.05) is 20.8 Å². The van der Waals surface area contributed by atoms with E-state index >= 15 is 0 Å². The molecule has 2 saturated carbocycles. The smallest absolute Gasteiger partial charge is 0.317 e. The van der Waals surface area contributed by atoms with Crippen LogP contribution >= 0.6 is 0 Å². The van der Waals surface area contributed by atoms with Crippen LogP contribution < -0.4 is 5.32 Å². The number of carbonyl (C=O) groups excluding carboxylic acids is 1. The van der Waals surface area contributed by atoms with Crippen LogP contribution in [0.2, 0.25) is 0 Å². The summed E-state index contributed by atoms with van der Waals surface area (Å²) in [6, 6.07) is -0.432. The molecule has 2 aliphatic rings. The Kier molecular flexibility index (Phi) is 4.79. The van der Waals surface area contributed by atoms with Crippen molar-refractivity contribution in [1.29, 1.82) is 0 Å². The molecule has 21 heavy (non-hydrogen) atoms. The molecule has 0 aromatic heterocycles. The molecule has 2 rings (SSSR count). The predicted octanol–water partition coefficient (Wildman–Crippen LogP) is 2.71. The normalized spacial score (nSPS) is 20.0. The van der Waals surface area contributed by atoms with Gasteiger partial charge in [-0.2, -0.15) is 0 Å². The molecule has 0 aromatic carbocycles. The van der Waals surface area contributed by atoms with E-state index < -0.39 is 5.97 Å².